The van der Waals surface area contributed by atoms with Crippen LogP contribution < -0.4 is 11.1 Å². The molecule has 4 N–H and O–H groups in total. The summed E-state index contributed by atoms with van der Waals surface area (Å²) in [4.78, 5) is 4.11. The number of nitrogens with one attached hydrogen (secondary N) is 1. The Morgan fingerprint density at radius 1 is 1.18 bits per heavy atom. The molecule has 0 saturated heterocycles. The molecule has 0 aliphatic carbocycles. The number of guanidine groups is 1. The van der Waals surface area contributed by atoms with Gasteiger partial charge in [-0.2, -0.15) is 0 Å². The van der Waals surface area contributed by atoms with Crippen molar-refractivity contribution in [1.82, 2.24) is 5.32 Å². The maximum absolute atomic E-state index is 12.8. The number of nitrogens with zero attached hydrogens (tertiary/aromatic N) is 1. The highest BCUT2D eigenvalue weighted by atomic mass is 19.1. The summed E-state index contributed by atoms with van der Waals surface area (Å²) in [7, 11) is 0. The molecular weight excluding hydrogens is 281 g/mol. The van der Waals surface area contributed by atoms with Crippen molar-refractivity contribution in [3.05, 3.63) is 35.6 Å². The number of benzene rings is 1. The van der Waals surface area contributed by atoms with E-state index in [0.29, 0.717) is 11.5 Å². The van der Waals surface area contributed by atoms with E-state index in [2.05, 4.69) is 17.2 Å². The Labute approximate surface area is 132 Å². The molecule has 5 heteroatoms. The molecule has 4 nitrogen and oxygen atoms in total. The van der Waals surface area contributed by atoms with Gasteiger partial charge in [0.1, 0.15) is 5.82 Å². The molecule has 1 aromatic carbocycles. The number of unbranched alkanes of at least 4 members (excludes halogenated alkanes) is 5. The Morgan fingerprint density at radius 3 is 2.50 bits per heavy atom. The summed E-state index contributed by atoms with van der Waals surface area (Å²) in [5, 5.41) is 13.0. The SMILES string of the molecule is CCCCCCCCNC(N)=NCC(O)c1ccc(F)cc1. The second kappa shape index (κ2) is 11.0. The molecule has 1 unspecified atom stereocenters. The number of hydrogen-bond acceptors (Lipinski definition) is 2. The van der Waals surface area contributed by atoms with Gasteiger partial charge in [-0.3, -0.25) is 4.99 Å². The van der Waals surface area contributed by atoms with E-state index < -0.39 is 6.10 Å². The third kappa shape index (κ3) is 7.98. The van der Waals surface area contributed by atoms with Gasteiger partial charge in [0.15, 0.2) is 5.96 Å². The van der Waals surface area contributed by atoms with E-state index in [1.54, 1.807) is 12.1 Å². The van der Waals surface area contributed by atoms with Gasteiger partial charge in [0.2, 0.25) is 0 Å². The normalized spacial score (nSPS) is 13.1. The van der Waals surface area contributed by atoms with Crippen molar-refractivity contribution < 1.29 is 9.50 Å². The second-order valence-electron chi connectivity index (χ2n) is 5.49. The van der Waals surface area contributed by atoms with E-state index in [1.807, 2.05) is 0 Å². The first-order chi connectivity index (χ1) is 10.6. The van der Waals surface area contributed by atoms with E-state index >= 15 is 0 Å². The van der Waals surface area contributed by atoms with Crippen molar-refractivity contribution in [2.24, 2.45) is 10.7 Å². The minimum absolute atomic E-state index is 0.168. The lowest BCUT2D eigenvalue weighted by Gasteiger charge is -2.10. The lowest BCUT2D eigenvalue weighted by atomic mass is 10.1. The quantitative estimate of drug-likeness (QED) is 0.353. The first-order valence-corrected chi connectivity index (χ1v) is 8.10. The van der Waals surface area contributed by atoms with Crippen LogP contribution in [0.15, 0.2) is 29.3 Å². The predicted molar refractivity (Wildman–Crippen MR) is 89.2 cm³/mol. The summed E-state index contributed by atoms with van der Waals surface area (Å²) >= 11 is 0. The van der Waals surface area contributed by atoms with E-state index in [9.17, 15) is 9.50 Å². The topological polar surface area (TPSA) is 70.6 Å². The molecular formula is C17H28FN3O. The molecule has 0 amide bonds. The molecule has 0 aromatic heterocycles. The monoisotopic (exact) mass is 309 g/mol. The van der Waals surface area contributed by atoms with Crippen molar-refractivity contribution in [3.63, 3.8) is 0 Å². The third-order valence-electron chi connectivity index (χ3n) is 3.53. The van der Waals surface area contributed by atoms with Crippen LogP contribution in [0.1, 0.15) is 57.1 Å². The number of rotatable bonds is 10. The molecule has 0 radical (unpaired) electrons. The van der Waals surface area contributed by atoms with Crippen LogP contribution in [0.3, 0.4) is 0 Å². The molecule has 1 atom stereocenters. The van der Waals surface area contributed by atoms with Crippen LogP contribution in [-0.4, -0.2) is 24.2 Å². The van der Waals surface area contributed by atoms with Crippen LogP contribution in [0.25, 0.3) is 0 Å². The predicted octanol–water partition coefficient (Wildman–Crippen LogP) is 3.12. The fourth-order valence-corrected chi connectivity index (χ4v) is 2.15. The Kier molecular flexibility index (Phi) is 9.23. The van der Waals surface area contributed by atoms with Crippen LogP contribution in [0.2, 0.25) is 0 Å². The summed E-state index contributed by atoms with van der Waals surface area (Å²) in [5.41, 5.74) is 6.39. The molecule has 0 aliphatic heterocycles. The number of halogens is 1. The van der Waals surface area contributed by atoms with Gasteiger partial charge in [-0.25, -0.2) is 4.39 Å². The lowest BCUT2D eigenvalue weighted by Crippen LogP contribution is -2.32. The highest BCUT2D eigenvalue weighted by Gasteiger charge is 2.06. The van der Waals surface area contributed by atoms with Crippen LogP contribution in [0, 0.1) is 5.82 Å². The maximum atomic E-state index is 12.8. The van der Waals surface area contributed by atoms with Gasteiger partial charge in [-0.05, 0) is 24.1 Å². The third-order valence-corrected chi connectivity index (χ3v) is 3.53. The van der Waals surface area contributed by atoms with Gasteiger partial charge in [0.25, 0.3) is 0 Å². The number of aliphatic hydroxyl groups excluding tert-OH is 1. The van der Waals surface area contributed by atoms with E-state index in [0.717, 1.165) is 13.0 Å². The molecule has 0 saturated carbocycles. The minimum Gasteiger partial charge on any atom is -0.386 e. The number of hydrogen-bond donors (Lipinski definition) is 3. The van der Waals surface area contributed by atoms with Crippen molar-refractivity contribution in [1.29, 1.82) is 0 Å². The van der Waals surface area contributed by atoms with Crippen molar-refractivity contribution in [3.8, 4) is 0 Å². The highest BCUT2D eigenvalue weighted by Crippen LogP contribution is 2.13. The van der Waals surface area contributed by atoms with Gasteiger partial charge in [0, 0.05) is 6.54 Å². The van der Waals surface area contributed by atoms with Gasteiger partial charge in [-0.1, -0.05) is 51.2 Å². The number of nitrogens with two attached hydrogens (primary N) is 1. The smallest absolute Gasteiger partial charge is 0.188 e. The molecule has 124 valence electrons. The number of aliphatic hydroxyl groups is 1. The first kappa shape index (κ1) is 18.4. The Balaban J connectivity index is 2.18. The van der Waals surface area contributed by atoms with E-state index in [-0.39, 0.29) is 12.4 Å². The fourth-order valence-electron chi connectivity index (χ4n) is 2.15. The van der Waals surface area contributed by atoms with Gasteiger partial charge in [-0.15, -0.1) is 0 Å². The standard InChI is InChI=1S/C17H28FN3O/c1-2-3-4-5-6-7-12-20-17(19)21-13-16(22)14-8-10-15(18)11-9-14/h8-11,16,22H,2-7,12-13H2,1H3,(H3,19,20,21). The zero-order valence-corrected chi connectivity index (χ0v) is 13.4. The van der Waals surface area contributed by atoms with Crippen LogP contribution >= 0.6 is 0 Å². The van der Waals surface area contributed by atoms with Crippen molar-refractivity contribution in [2.75, 3.05) is 13.1 Å². The highest BCUT2D eigenvalue weighted by molar-refractivity contribution is 5.77. The maximum Gasteiger partial charge on any atom is 0.188 e. The van der Waals surface area contributed by atoms with Gasteiger partial charge < -0.3 is 16.2 Å². The molecule has 22 heavy (non-hydrogen) atoms. The van der Waals surface area contributed by atoms with E-state index in [4.69, 9.17) is 5.73 Å². The van der Waals surface area contributed by atoms with Crippen LogP contribution in [0.5, 0.6) is 0 Å². The Morgan fingerprint density at radius 2 is 1.82 bits per heavy atom. The molecule has 0 fully saturated rings. The molecule has 0 bridgehead atoms. The number of aliphatic imine (C=N–C) groups is 1. The largest absolute Gasteiger partial charge is 0.386 e. The lowest BCUT2D eigenvalue weighted by molar-refractivity contribution is 0.187. The summed E-state index contributed by atoms with van der Waals surface area (Å²) < 4.78 is 12.8. The fraction of sp³-hybridized carbons (Fsp3) is 0.588. The first-order valence-electron chi connectivity index (χ1n) is 8.10. The second-order valence-corrected chi connectivity index (χ2v) is 5.49. The van der Waals surface area contributed by atoms with Gasteiger partial charge >= 0.3 is 0 Å². The molecule has 1 aromatic rings. The summed E-state index contributed by atoms with van der Waals surface area (Å²) in [5.74, 6) is 0.0225. The Hall–Kier alpha value is -1.62. The van der Waals surface area contributed by atoms with E-state index in [1.165, 1.54) is 44.2 Å². The summed E-state index contributed by atoms with van der Waals surface area (Å²) in [6, 6.07) is 5.75. The average molecular weight is 309 g/mol. The van der Waals surface area contributed by atoms with Crippen molar-refractivity contribution >= 4 is 5.96 Å². The van der Waals surface area contributed by atoms with Crippen LogP contribution in [-0.2, 0) is 0 Å². The minimum atomic E-state index is -0.769. The van der Waals surface area contributed by atoms with Crippen LogP contribution in [0.4, 0.5) is 4.39 Å². The van der Waals surface area contributed by atoms with Crippen molar-refractivity contribution in [2.45, 2.75) is 51.6 Å². The Bertz CT molecular complexity index is 434. The molecule has 0 aliphatic rings. The zero-order valence-electron chi connectivity index (χ0n) is 13.4. The summed E-state index contributed by atoms with van der Waals surface area (Å²) in [6.45, 7) is 3.17. The molecule has 0 heterocycles. The zero-order chi connectivity index (χ0) is 16.2. The average Bonchev–Trinajstić information content (AvgIpc) is 2.52. The van der Waals surface area contributed by atoms with Gasteiger partial charge in [0.05, 0.1) is 12.6 Å². The summed E-state index contributed by atoms with van der Waals surface area (Å²) in [6.07, 6.45) is 6.61. The molecule has 0 spiro atoms. The molecule has 1 rings (SSSR count).